The molecule has 6 rings (SSSR count). The number of nitrogens with one attached hydrogen (secondary N) is 3. The minimum absolute atomic E-state index is 0.0390. The van der Waals surface area contributed by atoms with Crippen LogP contribution >= 0.6 is 0 Å². The average molecular weight is 698 g/mol. The van der Waals surface area contributed by atoms with Crippen LogP contribution in [0.2, 0.25) is 0 Å². The zero-order valence-corrected chi connectivity index (χ0v) is 28.0. The number of hydrogen-bond acceptors (Lipinski definition) is 12. The number of aryl methyl sites for hydroxylation is 1. The number of hydrogen-bond donors (Lipinski definition) is 4. The maximum atomic E-state index is 13.6. The summed E-state index contributed by atoms with van der Waals surface area (Å²) >= 11 is 0. The Kier molecular flexibility index (Phi) is 11.3. The van der Waals surface area contributed by atoms with E-state index in [1.807, 2.05) is 25.1 Å². The van der Waals surface area contributed by atoms with Crippen molar-refractivity contribution in [2.45, 2.75) is 25.9 Å². The Morgan fingerprint density at radius 3 is 2.40 bits per heavy atom. The minimum atomic E-state index is -4.64. The Bertz CT molecular complexity index is 1730. The molecule has 4 N–H and O–H groups in total. The maximum absolute atomic E-state index is 13.6. The first-order valence-corrected chi connectivity index (χ1v) is 16.5. The Labute approximate surface area is 288 Å². The van der Waals surface area contributed by atoms with Gasteiger partial charge in [0, 0.05) is 74.9 Å². The van der Waals surface area contributed by atoms with E-state index < -0.39 is 18.0 Å². The van der Waals surface area contributed by atoms with E-state index in [1.54, 1.807) is 16.8 Å². The van der Waals surface area contributed by atoms with Crippen LogP contribution in [0.4, 0.5) is 36.2 Å². The maximum Gasteiger partial charge on any atom is 0.419 e. The van der Waals surface area contributed by atoms with Gasteiger partial charge in [-0.05, 0) is 36.8 Å². The van der Waals surface area contributed by atoms with E-state index in [9.17, 15) is 18.3 Å². The van der Waals surface area contributed by atoms with E-state index in [0.29, 0.717) is 55.1 Å². The number of aliphatic hydroxyl groups excluding tert-OH is 1. The number of methoxy groups -OCH3 is 1. The van der Waals surface area contributed by atoms with Gasteiger partial charge in [0.15, 0.2) is 12.0 Å². The van der Waals surface area contributed by atoms with E-state index in [0.717, 1.165) is 63.3 Å². The summed E-state index contributed by atoms with van der Waals surface area (Å²) in [6, 6.07) is 12.7. The topological polar surface area (TPSA) is 134 Å². The highest BCUT2D eigenvalue weighted by molar-refractivity contribution is 5.68. The first-order valence-electron chi connectivity index (χ1n) is 16.5. The van der Waals surface area contributed by atoms with Crippen molar-refractivity contribution in [2.24, 2.45) is 0 Å². The molecule has 2 aromatic carbocycles. The molecule has 268 valence electrons. The van der Waals surface area contributed by atoms with Gasteiger partial charge >= 0.3 is 6.18 Å². The van der Waals surface area contributed by atoms with Crippen molar-refractivity contribution in [2.75, 3.05) is 88.8 Å². The first-order chi connectivity index (χ1) is 24.2. The zero-order valence-electron chi connectivity index (χ0n) is 28.0. The Morgan fingerprint density at radius 2 is 1.68 bits per heavy atom. The Balaban J connectivity index is 1.22. The number of halogens is 3. The standard InChI is InChI=1S/C34H42F3N9O4/c1-23-3-5-25(41-33(47)24-4-6-29(48-2)27(17-24)34(35,36)37)18-28(23)42-32-19-26(21-45-11-15-50-16-12-45)43-46(32)31-20-30(39-22-40-31)38-7-8-44-9-13-49-14-10-44/h3-6,17-20,22,33,41-42,47H,7-16,21H2,1-2H3,(H,38,39,40). The number of anilines is 4. The second-order valence-corrected chi connectivity index (χ2v) is 12.1. The number of benzene rings is 2. The van der Waals surface area contributed by atoms with Crippen molar-refractivity contribution in [3.05, 3.63) is 77.2 Å². The van der Waals surface area contributed by atoms with Gasteiger partial charge in [0.25, 0.3) is 0 Å². The molecule has 2 aliphatic heterocycles. The van der Waals surface area contributed by atoms with Crippen LogP contribution in [0.1, 0.15) is 28.6 Å². The van der Waals surface area contributed by atoms with Crippen LogP contribution in [0, 0.1) is 6.92 Å². The van der Waals surface area contributed by atoms with E-state index >= 15 is 0 Å². The summed E-state index contributed by atoms with van der Waals surface area (Å²) < 4.78 is 58.4. The van der Waals surface area contributed by atoms with Crippen LogP contribution in [-0.4, -0.2) is 107 Å². The second kappa shape index (κ2) is 16.0. The van der Waals surface area contributed by atoms with Crippen molar-refractivity contribution in [3.8, 4) is 11.6 Å². The lowest BCUT2D eigenvalue weighted by Crippen LogP contribution is -2.39. The van der Waals surface area contributed by atoms with Crippen molar-refractivity contribution < 1.29 is 32.5 Å². The molecule has 2 saturated heterocycles. The monoisotopic (exact) mass is 697 g/mol. The van der Waals surface area contributed by atoms with Gasteiger partial charge < -0.3 is 35.3 Å². The molecule has 0 saturated carbocycles. The highest BCUT2D eigenvalue weighted by Crippen LogP contribution is 2.38. The molecular formula is C34H42F3N9O4. The quantitative estimate of drug-likeness (QED) is 0.148. The molecule has 0 bridgehead atoms. The average Bonchev–Trinajstić information content (AvgIpc) is 3.51. The molecule has 1 atom stereocenters. The molecule has 0 aliphatic carbocycles. The molecule has 0 amide bonds. The highest BCUT2D eigenvalue weighted by Gasteiger charge is 2.35. The van der Waals surface area contributed by atoms with Crippen LogP contribution in [0.3, 0.4) is 0 Å². The molecule has 2 aromatic heterocycles. The van der Waals surface area contributed by atoms with Gasteiger partial charge in [0.2, 0.25) is 0 Å². The number of rotatable bonds is 13. The summed E-state index contributed by atoms with van der Waals surface area (Å²) in [6.45, 7) is 10.3. The van der Waals surface area contributed by atoms with Gasteiger partial charge in [-0.3, -0.25) is 9.80 Å². The van der Waals surface area contributed by atoms with Crippen molar-refractivity contribution in [1.82, 2.24) is 29.5 Å². The van der Waals surface area contributed by atoms with Gasteiger partial charge in [-0.15, -0.1) is 0 Å². The van der Waals surface area contributed by atoms with E-state index in [-0.39, 0.29) is 11.3 Å². The van der Waals surface area contributed by atoms with Gasteiger partial charge in [-0.2, -0.15) is 23.0 Å². The van der Waals surface area contributed by atoms with Crippen molar-refractivity contribution in [1.29, 1.82) is 0 Å². The summed E-state index contributed by atoms with van der Waals surface area (Å²) in [5.74, 6) is 1.56. The summed E-state index contributed by atoms with van der Waals surface area (Å²) in [5.41, 5.74) is 1.98. The largest absolute Gasteiger partial charge is 0.496 e. The normalized spacial score (nSPS) is 16.6. The number of morpholine rings is 2. The lowest BCUT2D eigenvalue weighted by molar-refractivity contribution is -0.138. The Morgan fingerprint density at radius 1 is 0.940 bits per heavy atom. The lowest BCUT2D eigenvalue weighted by Gasteiger charge is -2.26. The zero-order chi connectivity index (χ0) is 35.1. The third-order valence-corrected chi connectivity index (χ3v) is 8.61. The van der Waals surface area contributed by atoms with Gasteiger partial charge in [-0.1, -0.05) is 12.1 Å². The molecular weight excluding hydrogens is 655 g/mol. The molecule has 50 heavy (non-hydrogen) atoms. The number of alkyl halides is 3. The predicted octanol–water partition coefficient (Wildman–Crippen LogP) is 4.42. The molecule has 13 nitrogen and oxygen atoms in total. The fourth-order valence-corrected chi connectivity index (χ4v) is 5.83. The van der Waals surface area contributed by atoms with Crippen molar-refractivity contribution in [3.63, 3.8) is 0 Å². The van der Waals surface area contributed by atoms with Crippen LogP contribution < -0.4 is 20.7 Å². The van der Waals surface area contributed by atoms with E-state index in [2.05, 4.69) is 35.7 Å². The fraction of sp³-hybridized carbons (Fsp3) is 0.441. The molecule has 0 spiro atoms. The van der Waals surface area contributed by atoms with Crippen LogP contribution in [0.5, 0.6) is 5.75 Å². The predicted molar refractivity (Wildman–Crippen MR) is 182 cm³/mol. The molecule has 2 fully saturated rings. The van der Waals surface area contributed by atoms with Crippen molar-refractivity contribution >= 4 is 23.0 Å². The molecule has 2 aliphatic rings. The highest BCUT2D eigenvalue weighted by atomic mass is 19.4. The SMILES string of the molecule is COc1ccc(C(O)Nc2ccc(C)c(Nc3cc(CN4CCOCC4)nn3-c3cc(NCCN4CCOCC4)ncn3)c2)cc1C(F)(F)F. The van der Waals surface area contributed by atoms with Gasteiger partial charge in [0.05, 0.1) is 44.8 Å². The summed E-state index contributed by atoms with van der Waals surface area (Å²) in [5, 5.41) is 25.6. The third kappa shape index (κ3) is 9.00. The second-order valence-electron chi connectivity index (χ2n) is 12.1. The van der Waals surface area contributed by atoms with Gasteiger partial charge in [-0.25, -0.2) is 9.97 Å². The fourth-order valence-electron chi connectivity index (χ4n) is 5.83. The van der Waals surface area contributed by atoms with Crippen LogP contribution in [-0.2, 0) is 22.2 Å². The number of aliphatic hydroxyl groups is 1. The smallest absolute Gasteiger partial charge is 0.419 e. The van der Waals surface area contributed by atoms with Gasteiger partial charge in [0.1, 0.15) is 23.7 Å². The van der Waals surface area contributed by atoms with Crippen LogP contribution in [0.15, 0.2) is 54.9 Å². The summed E-state index contributed by atoms with van der Waals surface area (Å²) in [7, 11) is 1.17. The number of ether oxygens (including phenoxy) is 3. The minimum Gasteiger partial charge on any atom is -0.496 e. The first kappa shape index (κ1) is 35.3. The molecule has 1 unspecified atom stereocenters. The lowest BCUT2D eigenvalue weighted by atomic mass is 10.1. The molecule has 4 aromatic rings. The Hall–Kier alpha value is -4.48. The third-order valence-electron chi connectivity index (χ3n) is 8.61. The number of aromatic nitrogens is 4. The van der Waals surface area contributed by atoms with E-state index in [1.165, 1.54) is 25.6 Å². The molecule has 16 heteroatoms. The molecule has 0 radical (unpaired) electrons. The molecule has 4 heterocycles. The van der Waals surface area contributed by atoms with E-state index in [4.69, 9.17) is 19.3 Å². The summed E-state index contributed by atoms with van der Waals surface area (Å²) in [4.78, 5) is 13.6. The summed E-state index contributed by atoms with van der Waals surface area (Å²) in [6.07, 6.45) is -4.56. The van der Waals surface area contributed by atoms with Crippen LogP contribution in [0.25, 0.3) is 5.82 Å². The number of nitrogens with zero attached hydrogens (tertiary/aromatic N) is 6.